The molecule has 1 saturated heterocycles. The number of ether oxygens (including phenoxy) is 3. The summed E-state index contributed by atoms with van der Waals surface area (Å²) < 4.78 is 16.4. The first-order valence-corrected chi connectivity index (χ1v) is 9.95. The van der Waals surface area contributed by atoms with Gasteiger partial charge in [0.1, 0.15) is 17.1 Å². The minimum atomic E-state index is -0.898. The summed E-state index contributed by atoms with van der Waals surface area (Å²) in [6.45, 7) is 5.00. The highest BCUT2D eigenvalue weighted by atomic mass is 32.1. The van der Waals surface area contributed by atoms with E-state index in [0.29, 0.717) is 19.8 Å². The maximum absolute atomic E-state index is 10.5. The molecule has 0 radical (unpaired) electrons. The first-order valence-electron chi connectivity index (χ1n) is 8.31. The Balaban J connectivity index is 1.56. The third-order valence-electron chi connectivity index (χ3n) is 4.13. The zero-order valence-electron chi connectivity index (χ0n) is 14.7. The van der Waals surface area contributed by atoms with Gasteiger partial charge in [-0.2, -0.15) is 0 Å². The first kappa shape index (κ1) is 18.7. The number of hydrogen-bond acceptors (Lipinski definition) is 7. The summed E-state index contributed by atoms with van der Waals surface area (Å²) in [5, 5.41) is 20.3. The van der Waals surface area contributed by atoms with Gasteiger partial charge in [-0.1, -0.05) is 0 Å². The van der Waals surface area contributed by atoms with Crippen molar-refractivity contribution in [1.29, 1.82) is 0 Å². The van der Waals surface area contributed by atoms with Crippen LogP contribution in [0.3, 0.4) is 0 Å². The van der Waals surface area contributed by atoms with Gasteiger partial charge in [0.25, 0.3) is 0 Å². The Morgan fingerprint density at radius 3 is 2.64 bits per heavy atom. The molecule has 2 N–H and O–H groups in total. The minimum Gasteiger partial charge on any atom is -0.495 e. The summed E-state index contributed by atoms with van der Waals surface area (Å²) >= 11 is 3.14. The molecular weight excluding hydrogens is 360 g/mol. The van der Waals surface area contributed by atoms with E-state index in [-0.39, 0.29) is 0 Å². The van der Waals surface area contributed by atoms with Crippen LogP contribution in [0.1, 0.15) is 39.0 Å². The van der Waals surface area contributed by atoms with Crippen molar-refractivity contribution in [1.82, 2.24) is 0 Å². The van der Waals surface area contributed by atoms with E-state index < -0.39 is 11.7 Å². The average Bonchev–Trinajstić information content (AvgIpc) is 3.12. The van der Waals surface area contributed by atoms with E-state index in [9.17, 15) is 10.2 Å². The van der Waals surface area contributed by atoms with Gasteiger partial charge in [-0.05, 0) is 38.8 Å². The lowest BCUT2D eigenvalue weighted by Crippen LogP contribution is -2.46. The van der Waals surface area contributed by atoms with E-state index in [0.717, 1.165) is 43.8 Å². The predicted molar refractivity (Wildman–Crippen MR) is 99.1 cm³/mol. The zero-order chi connectivity index (χ0) is 18.0. The second-order valence-corrected chi connectivity index (χ2v) is 8.77. The van der Waals surface area contributed by atoms with Crippen molar-refractivity contribution in [3.05, 3.63) is 31.6 Å². The van der Waals surface area contributed by atoms with Crippen LogP contribution in [0.2, 0.25) is 0 Å². The minimum absolute atomic E-state index is 0.325. The van der Waals surface area contributed by atoms with Crippen LogP contribution in [0, 0.1) is 6.92 Å². The topological polar surface area (TPSA) is 68.2 Å². The van der Waals surface area contributed by atoms with Gasteiger partial charge in [0.05, 0.1) is 42.8 Å². The van der Waals surface area contributed by atoms with Gasteiger partial charge in [0, 0.05) is 9.75 Å². The Bertz CT molecular complexity index is 715. The van der Waals surface area contributed by atoms with Gasteiger partial charge < -0.3 is 24.4 Å². The highest BCUT2D eigenvalue weighted by Gasteiger charge is 2.42. The van der Waals surface area contributed by atoms with E-state index in [1.807, 2.05) is 19.1 Å². The van der Waals surface area contributed by atoms with Gasteiger partial charge >= 0.3 is 0 Å². The molecule has 0 aromatic carbocycles. The molecule has 0 aliphatic carbocycles. The fourth-order valence-electron chi connectivity index (χ4n) is 2.79. The quantitative estimate of drug-likeness (QED) is 0.683. The lowest BCUT2D eigenvalue weighted by molar-refractivity contribution is -0.183. The monoisotopic (exact) mass is 384 g/mol. The lowest BCUT2D eigenvalue weighted by atomic mass is 10.00. The Hall–Kier alpha value is -1.12. The standard InChI is InChI=1S/C18H24O5S2/c1-11-7-14(16(24-11)12(2)19)23-6-4-5-13-8-15(21-3)17(25-13)18(20)9-22-10-18/h7-8,12,19-20H,4-6,9-10H2,1-3H3. The van der Waals surface area contributed by atoms with Crippen molar-refractivity contribution in [2.45, 2.75) is 38.4 Å². The number of aliphatic hydroxyl groups excluding tert-OH is 1. The van der Waals surface area contributed by atoms with Gasteiger partial charge in [-0.15, -0.1) is 22.7 Å². The summed E-state index contributed by atoms with van der Waals surface area (Å²) in [5.41, 5.74) is -0.898. The fourth-order valence-corrected chi connectivity index (χ4v) is 4.92. The summed E-state index contributed by atoms with van der Waals surface area (Å²) in [5.74, 6) is 1.51. The number of rotatable bonds is 8. The molecule has 2 aromatic heterocycles. The van der Waals surface area contributed by atoms with Crippen molar-refractivity contribution in [2.24, 2.45) is 0 Å². The van der Waals surface area contributed by atoms with Gasteiger partial charge in [-0.25, -0.2) is 0 Å². The first-order chi connectivity index (χ1) is 11.9. The van der Waals surface area contributed by atoms with E-state index >= 15 is 0 Å². The fraction of sp³-hybridized carbons (Fsp3) is 0.556. The van der Waals surface area contributed by atoms with Crippen molar-refractivity contribution < 1.29 is 24.4 Å². The molecule has 1 atom stereocenters. The van der Waals surface area contributed by atoms with Crippen LogP contribution in [-0.4, -0.2) is 37.1 Å². The van der Waals surface area contributed by atoms with Gasteiger partial charge in [0.15, 0.2) is 0 Å². The SMILES string of the molecule is COc1cc(CCCOc2cc(C)sc2C(C)O)sc1C1(O)COC1. The molecule has 0 spiro atoms. The second kappa shape index (κ2) is 7.63. The van der Waals surface area contributed by atoms with Crippen LogP contribution in [0.4, 0.5) is 0 Å². The second-order valence-electron chi connectivity index (χ2n) is 6.35. The summed E-state index contributed by atoms with van der Waals surface area (Å²) in [6.07, 6.45) is 1.19. The predicted octanol–water partition coefficient (Wildman–Crippen LogP) is 3.41. The normalized spacial score (nSPS) is 17.2. The number of thiophene rings is 2. The average molecular weight is 385 g/mol. The molecule has 25 heavy (non-hydrogen) atoms. The molecule has 7 heteroatoms. The molecule has 1 unspecified atom stereocenters. The third-order valence-corrected chi connectivity index (χ3v) is 6.70. The summed E-state index contributed by atoms with van der Waals surface area (Å²) in [4.78, 5) is 4.02. The summed E-state index contributed by atoms with van der Waals surface area (Å²) in [7, 11) is 1.62. The smallest absolute Gasteiger partial charge is 0.149 e. The van der Waals surface area contributed by atoms with Crippen molar-refractivity contribution in [2.75, 3.05) is 26.9 Å². The number of methoxy groups -OCH3 is 1. The highest BCUT2D eigenvalue weighted by Crippen LogP contribution is 2.42. The molecule has 1 aliphatic rings. The van der Waals surface area contributed by atoms with E-state index in [1.54, 1.807) is 36.7 Å². The van der Waals surface area contributed by atoms with Crippen LogP contribution < -0.4 is 9.47 Å². The third kappa shape index (κ3) is 4.01. The van der Waals surface area contributed by atoms with Crippen LogP contribution in [0.5, 0.6) is 11.5 Å². The molecule has 0 amide bonds. The Morgan fingerprint density at radius 2 is 2.04 bits per heavy atom. The lowest BCUT2D eigenvalue weighted by Gasteiger charge is -2.35. The zero-order valence-corrected chi connectivity index (χ0v) is 16.3. The number of aliphatic hydroxyl groups is 2. The van der Waals surface area contributed by atoms with Crippen LogP contribution in [0.15, 0.2) is 12.1 Å². The van der Waals surface area contributed by atoms with E-state index in [2.05, 4.69) is 0 Å². The number of aryl methyl sites for hydroxylation is 2. The molecular formula is C18H24O5S2. The molecule has 3 rings (SSSR count). The van der Waals surface area contributed by atoms with Gasteiger partial charge in [0.2, 0.25) is 0 Å². The molecule has 1 aliphatic heterocycles. The van der Waals surface area contributed by atoms with Crippen molar-refractivity contribution >= 4 is 22.7 Å². The molecule has 5 nitrogen and oxygen atoms in total. The summed E-state index contributed by atoms with van der Waals surface area (Å²) in [6, 6.07) is 3.97. The Labute approximate surface area is 155 Å². The Kier molecular flexibility index (Phi) is 5.70. The maximum Gasteiger partial charge on any atom is 0.149 e. The van der Waals surface area contributed by atoms with Crippen molar-refractivity contribution in [3.8, 4) is 11.5 Å². The van der Waals surface area contributed by atoms with Gasteiger partial charge in [-0.3, -0.25) is 0 Å². The van der Waals surface area contributed by atoms with Crippen molar-refractivity contribution in [3.63, 3.8) is 0 Å². The molecule has 138 valence electrons. The molecule has 0 saturated carbocycles. The van der Waals surface area contributed by atoms with Crippen LogP contribution >= 0.6 is 22.7 Å². The van der Waals surface area contributed by atoms with Crippen LogP contribution in [-0.2, 0) is 16.8 Å². The Morgan fingerprint density at radius 1 is 1.28 bits per heavy atom. The number of hydrogen-bond donors (Lipinski definition) is 2. The van der Waals surface area contributed by atoms with E-state index in [1.165, 1.54) is 0 Å². The molecule has 1 fully saturated rings. The molecule has 2 aromatic rings. The molecule has 3 heterocycles. The van der Waals surface area contributed by atoms with Crippen LogP contribution in [0.25, 0.3) is 0 Å². The highest BCUT2D eigenvalue weighted by molar-refractivity contribution is 7.12. The van der Waals surface area contributed by atoms with E-state index in [4.69, 9.17) is 14.2 Å². The largest absolute Gasteiger partial charge is 0.495 e. The maximum atomic E-state index is 10.5. The molecule has 0 bridgehead atoms.